The van der Waals surface area contributed by atoms with Crippen LogP contribution in [0.2, 0.25) is 0 Å². The monoisotopic (exact) mass is 183 g/mol. The highest BCUT2D eigenvalue weighted by molar-refractivity contribution is 5.47. The molecule has 0 aliphatic heterocycles. The van der Waals surface area contributed by atoms with Gasteiger partial charge in [-0.2, -0.15) is 0 Å². The van der Waals surface area contributed by atoms with E-state index >= 15 is 0 Å². The first-order chi connectivity index (χ1) is 6.24. The Bertz CT molecular complexity index is 249. The van der Waals surface area contributed by atoms with Crippen molar-refractivity contribution in [2.75, 3.05) is 12.5 Å². The minimum Gasteiger partial charge on any atom is -0.467 e. The summed E-state index contributed by atoms with van der Waals surface area (Å²) in [5.41, 5.74) is 7.14. The van der Waals surface area contributed by atoms with Gasteiger partial charge in [-0.1, -0.05) is 13.8 Å². The smallest absolute Gasteiger partial charge is 0.186 e. The number of aliphatic hydroxyl groups excluding tert-OH is 1. The molecular weight excluding hydrogens is 166 g/mol. The molecule has 0 atom stereocenters. The maximum absolute atomic E-state index is 8.46. The van der Waals surface area contributed by atoms with E-state index in [0.29, 0.717) is 11.4 Å². The Morgan fingerprint density at radius 3 is 2.46 bits per heavy atom. The molecule has 0 aromatic heterocycles. The molecule has 0 heterocycles. The van der Waals surface area contributed by atoms with Crippen molar-refractivity contribution < 1.29 is 9.84 Å². The predicted octanol–water partition coefficient (Wildman–Crippen LogP) is 1.93. The molecule has 74 valence electrons. The summed E-state index contributed by atoms with van der Waals surface area (Å²) in [7, 11) is 0. The van der Waals surface area contributed by atoms with Crippen LogP contribution >= 0.6 is 0 Å². The van der Waals surface area contributed by atoms with E-state index < -0.39 is 0 Å². The number of anilines is 1. The fourth-order valence-corrected chi connectivity index (χ4v) is 0.904. The van der Waals surface area contributed by atoms with E-state index in [9.17, 15) is 0 Å². The summed E-state index contributed by atoms with van der Waals surface area (Å²) in [5, 5.41) is 8.46. The number of aryl methyl sites for hydroxylation is 1. The first-order valence-corrected chi connectivity index (χ1v) is 4.34. The molecule has 3 N–H and O–H groups in total. The van der Waals surface area contributed by atoms with E-state index in [1.807, 2.05) is 20.8 Å². The normalized spacial score (nSPS) is 8.62. The SMILES string of the molecule is CC.Cc1cc(N)ccc1OCO. The highest BCUT2D eigenvalue weighted by Crippen LogP contribution is 2.19. The van der Waals surface area contributed by atoms with Crippen LogP contribution in [0.1, 0.15) is 19.4 Å². The van der Waals surface area contributed by atoms with E-state index in [1.165, 1.54) is 0 Å². The summed E-state index contributed by atoms with van der Waals surface area (Å²) in [6, 6.07) is 5.27. The number of hydrogen-bond donors (Lipinski definition) is 2. The largest absolute Gasteiger partial charge is 0.467 e. The van der Waals surface area contributed by atoms with Crippen LogP contribution in [0.15, 0.2) is 18.2 Å². The van der Waals surface area contributed by atoms with Gasteiger partial charge in [0.2, 0.25) is 0 Å². The summed E-state index contributed by atoms with van der Waals surface area (Å²) < 4.78 is 4.89. The van der Waals surface area contributed by atoms with E-state index in [4.69, 9.17) is 15.6 Å². The van der Waals surface area contributed by atoms with Crippen LogP contribution in [0.5, 0.6) is 5.75 Å². The Morgan fingerprint density at radius 1 is 1.38 bits per heavy atom. The van der Waals surface area contributed by atoms with Crippen molar-refractivity contribution in [1.82, 2.24) is 0 Å². The van der Waals surface area contributed by atoms with Gasteiger partial charge in [-0.05, 0) is 30.7 Å². The maximum Gasteiger partial charge on any atom is 0.186 e. The molecule has 0 bridgehead atoms. The van der Waals surface area contributed by atoms with Crippen molar-refractivity contribution in [3.63, 3.8) is 0 Å². The molecule has 0 radical (unpaired) electrons. The predicted molar refractivity (Wildman–Crippen MR) is 54.7 cm³/mol. The van der Waals surface area contributed by atoms with Gasteiger partial charge in [-0.3, -0.25) is 0 Å². The van der Waals surface area contributed by atoms with Gasteiger partial charge in [0, 0.05) is 5.69 Å². The Balaban J connectivity index is 0.000000671. The Labute approximate surface area is 79.1 Å². The minimum atomic E-state index is -0.301. The van der Waals surface area contributed by atoms with Crippen molar-refractivity contribution in [3.8, 4) is 5.75 Å². The van der Waals surface area contributed by atoms with Crippen molar-refractivity contribution >= 4 is 5.69 Å². The zero-order valence-electron chi connectivity index (χ0n) is 8.37. The third-order valence-corrected chi connectivity index (χ3v) is 1.42. The van der Waals surface area contributed by atoms with Gasteiger partial charge in [0.25, 0.3) is 0 Å². The molecule has 0 aliphatic carbocycles. The van der Waals surface area contributed by atoms with Crippen LogP contribution in [-0.4, -0.2) is 11.9 Å². The Kier molecular flexibility index (Phi) is 5.72. The third-order valence-electron chi connectivity index (χ3n) is 1.42. The zero-order valence-corrected chi connectivity index (χ0v) is 8.37. The van der Waals surface area contributed by atoms with E-state index in [-0.39, 0.29) is 6.79 Å². The number of nitrogen functional groups attached to an aromatic ring is 1. The Morgan fingerprint density at radius 2 is 2.00 bits per heavy atom. The lowest BCUT2D eigenvalue weighted by Crippen LogP contribution is -1.97. The van der Waals surface area contributed by atoms with Crippen LogP contribution in [-0.2, 0) is 0 Å². The third kappa shape index (κ3) is 3.80. The lowest BCUT2D eigenvalue weighted by atomic mass is 10.2. The molecule has 0 aliphatic rings. The number of rotatable bonds is 2. The lowest BCUT2D eigenvalue weighted by molar-refractivity contribution is 0.0979. The van der Waals surface area contributed by atoms with E-state index in [2.05, 4.69) is 0 Å². The molecule has 1 rings (SSSR count). The van der Waals surface area contributed by atoms with Crippen molar-refractivity contribution in [3.05, 3.63) is 23.8 Å². The highest BCUT2D eigenvalue weighted by Gasteiger charge is 1.97. The highest BCUT2D eigenvalue weighted by atomic mass is 16.6. The zero-order chi connectivity index (χ0) is 10.3. The molecule has 0 saturated carbocycles. The van der Waals surface area contributed by atoms with Crippen LogP contribution < -0.4 is 10.5 Å². The molecule has 3 heteroatoms. The Hall–Kier alpha value is -1.22. The van der Waals surface area contributed by atoms with Gasteiger partial charge in [0.1, 0.15) is 5.75 Å². The second kappa shape index (κ2) is 6.31. The van der Waals surface area contributed by atoms with E-state index in [1.54, 1.807) is 18.2 Å². The van der Waals surface area contributed by atoms with Crippen LogP contribution in [0.4, 0.5) is 5.69 Å². The number of benzene rings is 1. The molecular formula is C10H17NO2. The summed E-state index contributed by atoms with van der Waals surface area (Å²) in [4.78, 5) is 0. The van der Waals surface area contributed by atoms with Gasteiger partial charge in [0.15, 0.2) is 6.79 Å². The summed E-state index contributed by atoms with van der Waals surface area (Å²) in [5.74, 6) is 0.668. The lowest BCUT2D eigenvalue weighted by Gasteiger charge is -2.05. The average Bonchev–Trinajstić information content (AvgIpc) is 2.14. The first kappa shape index (κ1) is 11.8. The molecule has 3 nitrogen and oxygen atoms in total. The molecule has 0 fully saturated rings. The van der Waals surface area contributed by atoms with Gasteiger partial charge in [-0.25, -0.2) is 0 Å². The topological polar surface area (TPSA) is 55.5 Å². The first-order valence-electron chi connectivity index (χ1n) is 4.34. The summed E-state index contributed by atoms with van der Waals surface area (Å²) >= 11 is 0. The molecule has 0 saturated heterocycles. The van der Waals surface area contributed by atoms with Gasteiger partial charge in [0.05, 0.1) is 0 Å². The maximum atomic E-state index is 8.46. The number of nitrogens with two attached hydrogens (primary N) is 1. The second-order valence-corrected chi connectivity index (χ2v) is 2.30. The van der Waals surface area contributed by atoms with Gasteiger partial charge >= 0.3 is 0 Å². The molecule has 1 aromatic rings. The summed E-state index contributed by atoms with van der Waals surface area (Å²) in [6.07, 6.45) is 0. The van der Waals surface area contributed by atoms with Crippen molar-refractivity contribution in [1.29, 1.82) is 0 Å². The molecule has 0 spiro atoms. The standard InChI is InChI=1S/C8H11NO2.C2H6/c1-6-4-7(9)2-3-8(6)11-5-10;1-2/h2-4,10H,5,9H2,1H3;1-2H3. The summed E-state index contributed by atoms with van der Waals surface area (Å²) in [6.45, 7) is 5.58. The van der Waals surface area contributed by atoms with Crippen LogP contribution in [0.25, 0.3) is 0 Å². The number of hydrogen-bond acceptors (Lipinski definition) is 3. The van der Waals surface area contributed by atoms with Crippen LogP contribution in [0.3, 0.4) is 0 Å². The fourth-order valence-electron chi connectivity index (χ4n) is 0.904. The van der Waals surface area contributed by atoms with Crippen molar-refractivity contribution in [2.45, 2.75) is 20.8 Å². The molecule has 0 amide bonds. The minimum absolute atomic E-state index is 0.301. The molecule has 1 aromatic carbocycles. The average molecular weight is 183 g/mol. The second-order valence-electron chi connectivity index (χ2n) is 2.30. The van der Waals surface area contributed by atoms with Crippen LogP contribution in [0, 0.1) is 6.92 Å². The van der Waals surface area contributed by atoms with E-state index in [0.717, 1.165) is 5.56 Å². The molecule has 0 unspecified atom stereocenters. The molecule has 13 heavy (non-hydrogen) atoms. The van der Waals surface area contributed by atoms with Gasteiger partial charge < -0.3 is 15.6 Å². The quantitative estimate of drug-likeness (QED) is 0.544. The van der Waals surface area contributed by atoms with Crippen molar-refractivity contribution in [2.24, 2.45) is 0 Å². The number of aliphatic hydroxyl groups is 1. The number of ether oxygens (including phenoxy) is 1. The fraction of sp³-hybridized carbons (Fsp3) is 0.400. The van der Waals surface area contributed by atoms with Gasteiger partial charge in [-0.15, -0.1) is 0 Å².